The van der Waals surface area contributed by atoms with Crippen LogP contribution in [-0.2, 0) is 0 Å². The third-order valence-corrected chi connectivity index (χ3v) is 3.09. The van der Waals surface area contributed by atoms with E-state index in [1.54, 1.807) is 37.4 Å². The first-order valence-electron chi connectivity index (χ1n) is 5.75. The van der Waals surface area contributed by atoms with Crippen LogP contribution in [-0.4, -0.2) is 18.2 Å². The van der Waals surface area contributed by atoms with Gasteiger partial charge in [0.2, 0.25) is 0 Å². The Morgan fingerprint density at radius 2 is 1.65 bits per heavy atom. The summed E-state index contributed by atoms with van der Waals surface area (Å²) in [6.07, 6.45) is 0. The Hall–Kier alpha value is -1.91. The molecule has 0 spiro atoms. The summed E-state index contributed by atoms with van der Waals surface area (Å²) in [4.78, 5) is 13.5. The van der Waals surface area contributed by atoms with Crippen LogP contribution in [0, 0.1) is 0 Å². The van der Waals surface area contributed by atoms with E-state index in [4.69, 9.17) is 23.2 Å². The maximum atomic E-state index is 12.1. The van der Waals surface area contributed by atoms with Gasteiger partial charge >= 0.3 is 6.03 Å². The molecule has 2 N–H and O–H groups in total. The maximum Gasteiger partial charge on any atom is 0.326 e. The lowest BCUT2D eigenvalue weighted by Crippen LogP contribution is -2.31. The molecule has 0 fully saturated rings. The summed E-state index contributed by atoms with van der Waals surface area (Å²) >= 11 is 11.7. The van der Waals surface area contributed by atoms with Crippen LogP contribution in [0.1, 0.15) is 0 Å². The van der Waals surface area contributed by atoms with Crippen molar-refractivity contribution in [3.8, 4) is 5.75 Å². The van der Waals surface area contributed by atoms with Gasteiger partial charge in [0.25, 0.3) is 0 Å². The number of anilines is 2. The number of carbonyl (C=O) groups excluding carboxylic acids is 1. The van der Waals surface area contributed by atoms with Crippen LogP contribution in [0.4, 0.5) is 16.2 Å². The molecule has 2 amide bonds. The van der Waals surface area contributed by atoms with E-state index in [9.17, 15) is 9.90 Å². The quantitative estimate of drug-likeness (QED) is 0.865. The lowest BCUT2D eigenvalue weighted by Gasteiger charge is -2.18. The highest BCUT2D eigenvalue weighted by Gasteiger charge is 2.11. The summed E-state index contributed by atoms with van der Waals surface area (Å²) in [7, 11) is 1.62. The highest BCUT2D eigenvalue weighted by molar-refractivity contribution is 6.35. The Morgan fingerprint density at radius 3 is 2.20 bits per heavy atom. The molecule has 0 heterocycles. The van der Waals surface area contributed by atoms with Crippen molar-refractivity contribution in [2.24, 2.45) is 0 Å². The normalized spacial score (nSPS) is 10.2. The van der Waals surface area contributed by atoms with Crippen molar-refractivity contribution < 1.29 is 9.90 Å². The van der Waals surface area contributed by atoms with Gasteiger partial charge < -0.3 is 10.4 Å². The molecular weight excluding hydrogens is 299 g/mol. The predicted molar refractivity (Wildman–Crippen MR) is 82.0 cm³/mol. The molecule has 0 bridgehead atoms. The van der Waals surface area contributed by atoms with Crippen molar-refractivity contribution in [3.05, 3.63) is 52.5 Å². The number of urea groups is 1. The molecule has 2 aromatic rings. The van der Waals surface area contributed by atoms with Crippen LogP contribution in [0.2, 0.25) is 10.0 Å². The van der Waals surface area contributed by atoms with Gasteiger partial charge in [0.05, 0.1) is 0 Å². The van der Waals surface area contributed by atoms with Gasteiger partial charge in [-0.3, -0.25) is 4.90 Å². The van der Waals surface area contributed by atoms with Crippen LogP contribution in [0.15, 0.2) is 42.5 Å². The average molecular weight is 311 g/mol. The summed E-state index contributed by atoms with van der Waals surface area (Å²) in [5.74, 6) is 0.143. The summed E-state index contributed by atoms with van der Waals surface area (Å²) < 4.78 is 0. The highest BCUT2D eigenvalue weighted by Crippen LogP contribution is 2.23. The largest absolute Gasteiger partial charge is 0.508 e. The van der Waals surface area contributed by atoms with Gasteiger partial charge in [-0.25, -0.2) is 4.79 Å². The van der Waals surface area contributed by atoms with Gasteiger partial charge in [0, 0.05) is 28.5 Å². The number of hydrogen-bond acceptors (Lipinski definition) is 2. The fourth-order valence-electron chi connectivity index (χ4n) is 1.63. The standard InChI is InChI=1S/C14H12Cl2N2O2/c1-18(12-2-4-13(19)5-3-12)14(20)17-11-7-9(15)6-10(16)8-11/h2-8,19H,1H3,(H,17,20). The van der Waals surface area contributed by atoms with E-state index in [0.29, 0.717) is 21.4 Å². The van der Waals surface area contributed by atoms with E-state index >= 15 is 0 Å². The Kier molecular flexibility index (Phi) is 4.37. The SMILES string of the molecule is CN(C(=O)Nc1cc(Cl)cc(Cl)c1)c1ccc(O)cc1. The Labute approximate surface area is 126 Å². The number of nitrogens with one attached hydrogen (secondary N) is 1. The van der Waals surface area contributed by atoms with Crippen molar-refractivity contribution in [1.82, 2.24) is 0 Å². The van der Waals surface area contributed by atoms with Crippen molar-refractivity contribution in [2.45, 2.75) is 0 Å². The van der Waals surface area contributed by atoms with Crippen LogP contribution in [0.25, 0.3) is 0 Å². The zero-order chi connectivity index (χ0) is 14.7. The molecule has 0 saturated heterocycles. The highest BCUT2D eigenvalue weighted by atomic mass is 35.5. The summed E-state index contributed by atoms with van der Waals surface area (Å²) in [5, 5.41) is 12.8. The minimum Gasteiger partial charge on any atom is -0.508 e. The van der Waals surface area contributed by atoms with Gasteiger partial charge in [0.15, 0.2) is 0 Å². The molecule has 0 atom stereocenters. The molecule has 0 aliphatic heterocycles. The van der Waals surface area contributed by atoms with E-state index in [-0.39, 0.29) is 11.8 Å². The van der Waals surface area contributed by atoms with E-state index in [0.717, 1.165) is 0 Å². The molecule has 2 rings (SSSR count). The lowest BCUT2D eigenvalue weighted by molar-refractivity contribution is 0.258. The van der Waals surface area contributed by atoms with Crippen LogP contribution in [0.5, 0.6) is 5.75 Å². The molecular formula is C14H12Cl2N2O2. The van der Waals surface area contributed by atoms with Gasteiger partial charge in [0.1, 0.15) is 5.75 Å². The van der Waals surface area contributed by atoms with Gasteiger partial charge in [-0.05, 0) is 42.5 Å². The third kappa shape index (κ3) is 3.56. The molecule has 4 nitrogen and oxygen atoms in total. The average Bonchev–Trinajstić information content (AvgIpc) is 2.37. The first-order chi connectivity index (χ1) is 9.45. The molecule has 104 valence electrons. The number of nitrogens with zero attached hydrogens (tertiary/aromatic N) is 1. The Balaban J connectivity index is 2.13. The van der Waals surface area contributed by atoms with Crippen molar-refractivity contribution >= 4 is 40.6 Å². The van der Waals surface area contributed by atoms with E-state index in [2.05, 4.69) is 5.32 Å². The van der Waals surface area contributed by atoms with Gasteiger partial charge in [-0.2, -0.15) is 0 Å². The zero-order valence-corrected chi connectivity index (χ0v) is 12.1. The molecule has 0 saturated carbocycles. The second-order valence-corrected chi connectivity index (χ2v) is 5.04. The number of halogens is 2. The second kappa shape index (κ2) is 6.03. The molecule has 6 heteroatoms. The van der Waals surface area contributed by atoms with Crippen LogP contribution < -0.4 is 10.2 Å². The fraction of sp³-hybridized carbons (Fsp3) is 0.0714. The number of phenols is 1. The van der Waals surface area contributed by atoms with Gasteiger partial charge in [-0.1, -0.05) is 23.2 Å². The number of amides is 2. The van der Waals surface area contributed by atoms with Crippen molar-refractivity contribution in [3.63, 3.8) is 0 Å². The third-order valence-electron chi connectivity index (χ3n) is 2.66. The number of phenolic OH excluding ortho intramolecular Hbond substituents is 1. The number of carbonyl (C=O) groups is 1. The predicted octanol–water partition coefficient (Wildman–Crippen LogP) is 4.37. The zero-order valence-electron chi connectivity index (χ0n) is 10.6. The smallest absolute Gasteiger partial charge is 0.326 e. The number of aromatic hydroxyl groups is 1. The number of hydrogen-bond donors (Lipinski definition) is 2. The summed E-state index contributed by atoms with van der Waals surface area (Å²) in [6, 6.07) is 10.8. The fourth-order valence-corrected chi connectivity index (χ4v) is 2.15. The van der Waals surface area contributed by atoms with Crippen molar-refractivity contribution in [2.75, 3.05) is 17.3 Å². The molecule has 0 aliphatic rings. The van der Waals surface area contributed by atoms with Crippen molar-refractivity contribution in [1.29, 1.82) is 0 Å². The first kappa shape index (κ1) is 14.5. The maximum absolute atomic E-state index is 12.1. The Morgan fingerprint density at radius 1 is 1.10 bits per heavy atom. The lowest BCUT2D eigenvalue weighted by atomic mass is 10.3. The van der Waals surface area contributed by atoms with E-state index < -0.39 is 0 Å². The molecule has 0 unspecified atom stereocenters. The Bertz CT molecular complexity index is 609. The molecule has 2 aromatic carbocycles. The molecule has 0 radical (unpaired) electrons. The summed E-state index contributed by atoms with van der Waals surface area (Å²) in [6.45, 7) is 0. The number of rotatable bonds is 2. The summed E-state index contributed by atoms with van der Waals surface area (Å²) in [5.41, 5.74) is 1.16. The first-order valence-corrected chi connectivity index (χ1v) is 6.51. The topological polar surface area (TPSA) is 52.6 Å². The molecule has 0 aromatic heterocycles. The minimum atomic E-state index is -0.339. The molecule has 20 heavy (non-hydrogen) atoms. The van der Waals surface area contributed by atoms with Crippen LogP contribution in [0.3, 0.4) is 0 Å². The van der Waals surface area contributed by atoms with Gasteiger partial charge in [-0.15, -0.1) is 0 Å². The number of benzene rings is 2. The van der Waals surface area contributed by atoms with Crippen LogP contribution >= 0.6 is 23.2 Å². The minimum absolute atomic E-state index is 0.143. The second-order valence-electron chi connectivity index (χ2n) is 4.16. The van der Waals surface area contributed by atoms with E-state index in [1.807, 2.05) is 0 Å². The van der Waals surface area contributed by atoms with E-state index in [1.165, 1.54) is 17.0 Å². The molecule has 0 aliphatic carbocycles. The monoisotopic (exact) mass is 310 g/mol.